The molecule has 1 rings (SSSR count). The third kappa shape index (κ3) is 3.46. The molecule has 17 heavy (non-hydrogen) atoms. The molecule has 0 aliphatic heterocycles. The second-order valence-electron chi connectivity index (χ2n) is 4.52. The number of hydrogen-bond donors (Lipinski definition) is 2. The third-order valence-electron chi connectivity index (χ3n) is 2.72. The maximum atomic E-state index is 11.1. The first-order valence-electron chi connectivity index (χ1n) is 5.80. The highest BCUT2D eigenvalue weighted by atomic mass is 16.1. The van der Waals surface area contributed by atoms with Crippen LogP contribution in [0.15, 0.2) is 18.2 Å². The zero-order valence-electron chi connectivity index (χ0n) is 10.7. The van der Waals surface area contributed by atoms with E-state index in [0.717, 1.165) is 16.8 Å². The lowest BCUT2D eigenvalue weighted by Gasteiger charge is -2.30. The van der Waals surface area contributed by atoms with Crippen LogP contribution in [0.5, 0.6) is 0 Å². The molecule has 0 atom stereocenters. The highest BCUT2D eigenvalue weighted by Crippen LogP contribution is 2.23. The second-order valence-corrected chi connectivity index (χ2v) is 4.52. The molecule has 1 aromatic carbocycles. The van der Waals surface area contributed by atoms with Crippen molar-refractivity contribution in [2.45, 2.75) is 33.4 Å². The first-order chi connectivity index (χ1) is 7.95. The summed E-state index contributed by atoms with van der Waals surface area (Å²) < 4.78 is 0. The molecule has 1 aromatic rings. The van der Waals surface area contributed by atoms with Crippen LogP contribution in [-0.2, 0) is 11.3 Å². The molecule has 0 fully saturated rings. The Labute approximate surface area is 103 Å². The average molecular weight is 235 g/mol. The lowest BCUT2D eigenvalue weighted by Crippen LogP contribution is -2.39. The van der Waals surface area contributed by atoms with Gasteiger partial charge in [0.1, 0.15) is 0 Å². The number of nitrogens with two attached hydrogens (primary N) is 2. The molecular weight excluding hydrogens is 214 g/mol. The summed E-state index contributed by atoms with van der Waals surface area (Å²) in [4.78, 5) is 13.1. The van der Waals surface area contributed by atoms with Crippen molar-refractivity contribution in [3.8, 4) is 0 Å². The molecule has 0 bridgehead atoms. The Morgan fingerprint density at radius 1 is 1.41 bits per heavy atom. The van der Waals surface area contributed by atoms with Gasteiger partial charge < -0.3 is 16.4 Å². The van der Waals surface area contributed by atoms with E-state index in [1.165, 1.54) is 0 Å². The summed E-state index contributed by atoms with van der Waals surface area (Å²) in [6.07, 6.45) is 0. The maximum Gasteiger partial charge on any atom is 0.236 e. The van der Waals surface area contributed by atoms with Gasteiger partial charge in [0.2, 0.25) is 5.91 Å². The van der Waals surface area contributed by atoms with E-state index in [9.17, 15) is 4.79 Å². The molecule has 0 unspecified atom stereocenters. The van der Waals surface area contributed by atoms with Crippen LogP contribution >= 0.6 is 0 Å². The van der Waals surface area contributed by atoms with Gasteiger partial charge in [-0.1, -0.05) is 12.1 Å². The fourth-order valence-electron chi connectivity index (χ4n) is 1.83. The number of rotatable bonds is 5. The number of aryl methyl sites for hydroxylation is 1. The third-order valence-corrected chi connectivity index (χ3v) is 2.72. The molecule has 0 aliphatic rings. The number of nitrogens with zero attached hydrogens (tertiary/aromatic N) is 1. The topological polar surface area (TPSA) is 72.3 Å². The van der Waals surface area contributed by atoms with Gasteiger partial charge in [-0.2, -0.15) is 0 Å². The van der Waals surface area contributed by atoms with Crippen LogP contribution in [0.3, 0.4) is 0 Å². The van der Waals surface area contributed by atoms with Crippen molar-refractivity contribution < 1.29 is 4.79 Å². The Bertz CT molecular complexity index is 402. The van der Waals surface area contributed by atoms with Gasteiger partial charge in [0.25, 0.3) is 0 Å². The molecule has 0 heterocycles. The number of amides is 1. The summed E-state index contributed by atoms with van der Waals surface area (Å²) >= 11 is 0. The van der Waals surface area contributed by atoms with Gasteiger partial charge in [0.15, 0.2) is 0 Å². The minimum Gasteiger partial charge on any atom is -0.368 e. The van der Waals surface area contributed by atoms with E-state index in [2.05, 4.69) is 0 Å². The van der Waals surface area contributed by atoms with Gasteiger partial charge in [0, 0.05) is 18.3 Å². The smallest absolute Gasteiger partial charge is 0.236 e. The maximum absolute atomic E-state index is 11.1. The van der Waals surface area contributed by atoms with Gasteiger partial charge in [-0.05, 0) is 38.0 Å². The molecule has 1 amide bonds. The lowest BCUT2D eigenvalue weighted by molar-refractivity contribution is -0.116. The Morgan fingerprint density at radius 3 is 2.53 bits per heavy atom. The van der Waals surface area contributed by atoms with E-state index < -0.39 is 0 Å². The zero-order valence-corrected chi connectivity index (χ0v) is 10.7. The van der Waals surface area contributed by atoms with E-state index in [0.29, 0.717) is 6.54 Å². The van der Waals surface area contributed by atoms with Gasteiger partial charge in [0.05, 0.1) is 6.54 Å². The van der Waals surface area contributed by atoms with Crippen LogP contribution in [0.1, 0.15) is 25.0 Å². The van der Waals surface area contributed by atoms with Crippen LogP contribution in [-0.4, -0.2) is 18.5 Å². The van der Waals surface area contributed by atoms with Crippen molar-refractivity contribution in [1.29, 1.82) is 0 Å². The molecule has 0 radical (unpaired) electrons. The number of hydrogen-bond acceptors (Lipinski definition) is 3. The molecule has 0 saturated heterocycles. The van der Waals surface area contributed by atoms with Crippen LogP contribution < -0.4 is 16.4 Å². The highest BCUT2D eigenvalue weighted by Gasteiger charge is 2.16. The normalized spacial score (nSPS) is 10.6. The molecule has 4 nitrogen and oxygen atoms in total. The molecule has 4 N–H and O–H groups in total. The minimum atomic E-state index is -0.330. The van der Waals surface area contributed by atoms with Crippen molar-refractivity contribution >= 4 is 11.6 Å². The van der Waals surface area contributed by atoms with E-state index in [1.807, 2.05) is 43.9 Å². The van der Waals surface area contributed by atoms with E-state index in [4.69, 9.17) is 11.5 Å². The van der Waals surface area contributed by atoms with Gasteiger partial charge in [-0.25, -0.2) is 0 Å². The number of primary amides is 1. The van der Waals surface area contributed by atoms with Crippen molar-refractivity contribution in [1.82, 2.24) is 0 Å². The number of anilines is 1. The Balaban J connectivity index is 3.16. The summed E-state index contributed by atoms with van der Waals surface area (Å²) in [5, 5.41) is 0. The average Bonchev–Trinajstić information content (AvgIpc) is 2.25. The van der Waals surface area contributed by atoms with Crippen molar-refractivity contribution in [2.75, 3.05) is 11.4 Å². The number of benzene rings is 1. The van der Waals surface area contributed by atoms with Gasteiger partial charge in [-0.3, -0.25) is 4.79 Å². The fourth-order valence-corrected chi connectivity index (χ4v) is 1.83. The molecule has 4 heteroatoms. The molecular formula is C13H21N3O. The summed E-state index contributed by atoms with van der Waals surface area (Å²) in [6, 6.07) is 6.27. The summed E-state index contributed by atoms with van der Waals surface area (Å²) in [6.45, 7) is 6.76. The van der Waals surface area contributed by atoms with Crippen LogP contribution in [0, 0.1) is 6.92 Å². The van der Waals surface area contributed by atoms with Crippen LogP contribution in [0.25, 0.3) is 0 Å². The Kier molecular flexibility index (Phi) is 4.52. The standard InChI is InChI=1S/C13H21N3O/c1-9(2)16(8-13(15)17)12-6-10(3)4-5-11(12)7-14/h4-6,9H,7-8,14H2,1-3H3,(H2,15,17). The Morgan fingerprint density at radius 2 is 2.06 bits per heavy atom. The van der Waals surface area contributed by atoms with Gasteiger partial charge in [-0.15, -0.1) is 0 Å². The molecule has 0 saturated carbocycles. The van der Waals surface area contributed by atoms with E-state index >= 15 is 0 Å². The van der Waals surface area contributed by atoms with Crippen molar-refractivity contribution in [2.24, 2.45) is 11.5 Å². The summed E-state index contributed by atoms with van der Waals surface area (Å²) in [5.41, 5.74) is 14.2. The van der Waals surface area contributed by atoms with Crippen LogP contribution in [0.2, 0.25) is 0 Å². The number of carbonyl (C=O) groups is 1. The monoisotopic (exact) mass is 235 g/mol. The zero-order chi connectivity index (χ0) is 13.0. The highest BCUT2D eigenvalue weighted by molar-refractivity contribution is 5.80. The van der Waals surface area contributed by atoms with E-state index in [-0.39, 0.29) is 18.5 Å². The lowest BCUT2D eigenvalue weighted by atomic mass is 10.1. The summed E-state index contributed by atoms with van der Waals surface area (Å²) in [5.74, 6) is -0.330. The molecule has 0 aromatic heterocycles. The molecule has 0 aliphatic carbocycles. The Hall–Kier alpha value is -1.55. The second kappa shape index (κ2) is 5.68. The first kappa shape index (κ1) is 13.5. The molecule has 0 spiro atoms. The van der Waals surface area contributed by atoms with E-state index in [1.54, 1.807) is 0 Å². The van der Waals surface area contributed by atoms with Gasteiger partial charge >= 0.3 is 0 Å². The quantitative estimate of drug-likeness (QED) is 0.804. The van der Waals surface area contributed by atoms with Crippen LogP contribution in [0.4, 0.5) is 5.69 Å². The number of carbonyl (C=O) groups excluding carboxylic acids is 1. The van der Waals surface area contributed by atoms with Crippen molar-refractivity contribution in [3.63, 3.8) is 0 Å². The minimum absolute atomic E-state index is 0.203. The predicted octanol–water partition coefficient (Wildman–Crippen LogP) is 1.15. The predicted molar refractivity (Wildman–Crippen MR) is 70.7 cm³/mol. The first-order valence-corrected chi connectivity index (χ1v) is 5.80. The molecule has 94 valence electrons. The summed E-state index contributed by atoms with van der Waals surface area (Å²) in [7, 11) is 0. The largest absolute Gasteiger partial charge is 0.368 e. The van der Waals surface area contributed by atoms with Crippen molar-refractivity contribution in [3.05, 3.63) is 29.3 Å². The fraction of sp³-hybridized carbons (Fsp3) is 0.462. The SMILES string of the molecule is Cc1ccc(CN)c(N(CC(N)=O)C(C)C)c1.